The lowest BCUT2D eigenvalue weighted by Crippen LogP contribution is -2.36. The standard InChI is InChI=1S/C21H27N3O2/c1-23(19-10-6-5-9-17(19)13-21(22)26)20(16-7-3-2-4-8-16)15-24-12-11-18(25)14-24/h2-10,18,20,25H,11-15H2,1H3,(H2,22,26)/t18-,20+/m0/s1. The van der Waals surface area contributed by atoms with E-state index in [1.54, 1.807) is 0 Å². The Morgan fingerprint density at radius 3 is 2.58 bits per heavy atom. The lowest BCUT2D eigenvalue weighted by molar-refractivity contribution is -0.117. The molecular formula is C21H27N3O2. The zero-order valence-electron chi connectivity index (χ0n) is 15.2. The van der Waals surface area contributed by atoms with Crippen LogP contribution in [0.25, 0.3) is 0 Å². The number of nitrogens with zero attached hydrogens (tertiary/aromatic N) is 2. The molecule has 0 bridgehead atoms. The highest BCUT2D eigenvalue weighted by Crippen LogP contribution is 2.30. The topological polar surface area (TPSA) is 69.8 Å². The van der Waals surface area contributed by atoms with Crippen molar-refractivity contribution in [3.8, 4) is 0 Å². The summed E-state index contributed by atoms with van der Waals surface area (Å²) in [6, 6.07) is 18.4. The van der Waals surface area contributed by atoms with E-state index in [0.29, 0.717) is 6.54 Å². The number of aliphatic hydroxyl groups excluding tert-OH is 1. The van der Waals surface area contributed by atoms with Crippen LogP contribution in [-0.2, 0) is 11.2 Å². The molecule has 1 amide bonds. The van der Waals surface area contributed by atoms with Crippen LogP contribution in [0.1, 0.15) is 23.6 Å². The molecule has 3 rings (SSSR count). The largest absolute Gasteiger partial charge is 0.392 e. The predicted molar refractivity (Wildman–Crippen MR) is 104 cm³/mol. The third kappa shape index (κ3) is 4.42. The zero-order chi connectivity index (χ0) is 18.5. The molecule has 0 aromatic heterocycles. The van der Waals surface area contributed by atoms with Gasteiger partial charge in [-0.25, -0.2) is 0 Å². The number of likely N-dealkylation sites (N-methyl/N-ethyl adjacent to an activating group) is 1. The minimum atomic E-state index is -0.329. The average molecular weight is 353 g/mol. The Bertz CT molecular complexity index is 735. The van der Waals surface area contributed by atoms with Crippen LogP contribution in [0.3, 0.4) is 0 Å². The molecule has 0 unspecified atom stereocenters. The Hall–Kier alpha value is -2.37. The molecule has 5 heteroatoms. The molecule has 0 radical (unpaired) electrons. The van der Waals surface area contributed by atoms with Crippen molar-refractivity contribution in [2.24, 2.45) is 5.73 Å². The number of β-amino-alcohol motifs (C(OH)–C–C–N with tert-alkyl or cyclic N) is 1. The van der Waals surface area contributed by atoms with E-state index >= 15 is 0 Å². The Kier molecular flexibility index (Phi) is 5.91. The van der Waals surface area contributed by atoms with Gasteiger partial charge in [0, 0.05) is 32.4 Å². The molecule has 3 N–H and O–H groups in total. The first-order chi connectivity index (χ1) is 12.5. The Morgan fingerprint density at radius 2 is 1.92 bits per heavy atom. The Morgan fingerprint density at radius 1 is 1.23 bits per heavy atom. The number of rotatable bonds is 7. The average Bonchev–Trinajstić information content (AvgIpc) is 3.05. The van der Waals surface area contributed by atoms with E-state index in [1.807, 2.05) is 42.5 Å². The van der Waals surface area contributed by atoms with Gasteiger partial charge in [0.15, 0.2) is 0 Å². The molecule has 0 aliphatic carbocycles. The number of carbonyl (C=O) groups excluding carboxylic acids is 1. The minimum absolute atomic E-state index is 0.121. The first-order valence-electron chi connectivity index (χ1n) is 9.09. The van der Waals surface area contributed by atoms with E-state index in [-0.39, 0.29) is 24.5 Å². The quantitative estimate of drug-likeness (QED) is 0.798. The number of likely N-dealkylation sites (tertiary alicyclic amines) is 1. The van der Waals surface area contributed by atoms with Crippen LogP contribution in [-0.4, -0.2) is 48.7 Å². The summed E-state index contributed by atoms with van der Waals surface area (Å²) in [5.41, 5.74) is 8.60. The second-order valence-corrected chi connectivity index (χ2v) is 7.01. The van der Waals surface area contributed by atoms with Gasteiger partial charge in [0.1, 0.15) is 0 Å². The molecule has 5 nitrogen and oxygen atoms in total. The van der Waals surface area contributed by atoms with Crippen molar-refractivity contribution < 1.29 is 9.90 Å². The monoisotopic (exact) mass is 353 g/mol. The molecule has 2 atom stereocenters. The smallest absolute Gasteiger partial charge is 0.221 e. The van der Waals surface area contributed by atoms with Crippen molar-refractivity contribution >= 4 is 11.6 Å². The normalized spacial score (nSPS) is 18.6. The van der Waals surface area contributed by atoms with Gasteiger partial charge >= 0.3 is 0 Å². The zero-order valence-corrected chi connectivity index (χ0v) is 15.2. The van der Waals surface area contributed by atoms with Gasteiger partial charge in [-0.1, -0.05) is 48.5 Å². The fraction of sp³-hybridized carbons (Fsp3) is 0.381. The van der Waals surface area contributed by atoms with Gasteiger partial charge in [-0.3, -0.25) is 9.69 Å². The van der Waals surface area contributed by atoms with E-state index in [2.05, 4.69) is 29.0 Å². The molecule has 1 saturated heterocycles. The molecular weight excluding hydrogens is 326 g/mol. The summed E-state index contributed by atoms with van der Waals surface area (Å²) in [5, 5.41) is 9.88. The highest BCUT2D eigenvalue weighted by Gasteiger charge is 2.27. The Balaban J connectivity index is 1.90. The van der Waals surface area contributed by atoms with Crippen LogP contribution in [0.4, 0.5) is 5.69 Å². The van der Waals surface area contributed by atoms with Crippen LogP contribution >= 0.6 is 0 Å². The van der Waals surface area contributed by atoms with Crippen LogP contribution in [0.5, 0.6) is 0 Å². The van der Waals surface area contributed by atoms with E-state index in [0.717, 1.165) is 30.8 Å². The van der Waals surface area contributed by atoms with Gasteiger partial charge in [-0.05, 0) is 23.6 Å². The van der Waals surface area contributed by atoms with Crippen LogP contribution < -0.4 is 10.6 Å². The predicted octanol–water partition coefficient (Wildman–Crippen LogP) is 1.96. The van der Waals surface area contributed by atoms with Crippen LogP contribution in [0.2, 0.25) is 0 Å². The number of nitrogens with two attached hydrogens (primary N) is 1. The second kappa shape index (κ2) is 8.34. The molecule has 1 aliphatic heterocycles. The lowest BCUT2D eigenvalue weighted by Gasteiger charge is -2.34. The molecule has 1 heterocycles. The van der Waals surface area contributed by atoms with Crippen molar-refractivity contribution in [2.75, 3.05) is 31.6 Å². The van der Waals surface area contributed by atoms with Crippen molar-refractivity contribution in [3.63, 3.8) is 0 Å². The van der Waals surface area contributed by atoms with Crippen molar-refractivity contribution in [1.82, 2.24) is 4.90 Å². The number of hydrogen-bond acceptors (Lipinski definition) is 4. The molecule has 138 valence electrons. The molecule has 1 aliphatic rings. The van der Waals surface area contributed by atoms with Gasteiger partial charge in [-0.2, -0.15) is 0 Å². The minimum Gasteiger partial charge on any atom is -0.392 e. The Labute approximate surface area is 155 Å². The fourth-order valence-corrected chi connectivity index (χ4v) is 3.71. The SMILES string of the molecule is CN(c1ccccc1CC(N)=O)[C@H](CN1CC[C@H](O)C1)c1ccccc1. The van der Waals surface area contributed by atoms with Gasteiger partial charge in [0.2, 0.25) is 5.91 Å². The maximum Gasteiger partial charge on any atom is 0.221 e. The van der Waals surface area contributed by atoms with E-state index in [1.165, 1.54) is 5.56 Å². The summed E-state index contributed by atoms with van der Waals surface area (Å²) in [5.74, 6) is -0.329. The highest BCUT2D eigenvalue weighted by molar-refractivity contribution is 5.79. The number of para-hydroxylation sites is 1. The summed E-state index contributed by atoms with van der Waals surface area (Å²) in [6.45, 7) is 2.43. The van der Waals surface area contributed by atoms with E-state index in [9.17, 15) is 9.90 Å². The van der Waals surface area contributed by atoms with Gasteiger partial charge in [0.05, 0.1) is 18.6 Å². The summed E-state index contributed by atoms with van der Waals surface area (Å²) >= 11 is 0. The maximum absolute atomic E-state index is 11.5. The number of benzene rings is 2. The number of hydrogen-bond donors (Lipinski definition) is 2. The summed E-state index contributed by atoms with van der Waals surface area (Å²) in [7, 11) is 2.06. The van der Waals surface area contributed by atoms with Crippen molar-refractivity contribution in [2.45, 2.75) is 25.0 Å². The highest BCUT2D eigenvalue weighted by atomic mass is 16.3. The summed E-state index contributed by atoms with van der Waals surface area (Å²) in [4.78, 5) is 16.0. The first kappa shape index (κ1) is 18.4. The van der Waals surface area contributed by atoms with Crippen LogP contribution in [0, 0.1) is 0 Å². The van der Waals surface area contributed by atoms with Crippen molar-refractivity contribution in [3.05, 3.63) is 65.7 Å². The number of anilines is 1. The second-order valence-electron chi connectivity index (χ2n) is 7.01. The summed E-state index contributed by atoms with van der Waals surface area (Å²) < 4.78 is 0. The number of aliphatic hydroxyl groups is 1. The van der Waals surface area contributed by atoms with Gasteiger partial charge < -0.3 is 15.7 Å². The molecule has 1 fully saturated rings. The third-order valence-electron chi connectivity index (χ3n) is 5.07. The fourth-order valence-electron chi connectivity index (χ4n) is 3.71. The molecule has 0 saturated carbocycles. The van der Waals surface area contributed by atoms with Gasteiger partial charge in [-0.15, -0.1) is 0 Å². The molecule has 2 aromatic carbocycles. The summed E-state index contributed by atoms with van der Waals surface area (Å²) in [6.07, 6.45) is 0.812. The number of carbonyl (C=O) groups is 1. The van der Waals surface area contributed by atoms with E-state index in [4.69, 9.17) is 5.73 Å². The van der Waals surface area contributed by atoms with Crippen molar-refractivity contribution in [1.29, 1.82) is 0 Å². The third-order valence-corrected chi connectivity index (χ3v) is 5.07. The van der Waals surface area contributed by atoms with Gasteiger partial charge in [0.25, 0.3) is 0 Å². The van der Waals surface area contributed by atoms with Crippen LogP contribution in [0.15, 0.2) is 54.6 Å². The first-order valence-corrected chi connectivity index (χ1v) is 9.09. The lowest BCUT2D eigenvalue weighted by atomic mass is 10.0. The molecule has 2 aromatic rings. The number of amides is 1. The maximum atomic E-state index is 11.5. The number of primary amides is 1. The molecule has 0 spiro atoms. The molecule has 26 heavy (non-hydrogen) atoms. The van der Waals surface area contributed by atoms with E-state index < -0.39 is 0 Å².